The molecule has 2 aromatic rings. The number of amides is 1. The molecular formula is C25H32N4O2. The van der Waals surface area contributed by atoms with Crippen LogP contribution in [0.2, 0.25) is 0 Å². The van der Waals surface area contributed by atoms with Gasteiger partial charge in [-0.05, 0) is 75.0 Å². The summed E-state index contributed by atoms with van der Waals surface area (Å²) in [6.07, 6.45) is -0.418. The highest BCUT2D eigenvalue weighted by molar-refractivity contribution is 5.94. The maximum Gasteiger partial charge on any atom is 0.253 e. The lowest BCUT2D eigenvalue weighted by molar-refractivity contribution is 0.0493. The molecule has 3 rings (SSSR count). The molecule has 0 radical (unpaired) electrons. The van der Waals surface area contributed by atoms with Crippen LogP contribution in [0.3, 0.4) is 0 Å². The van der Waals surface area contributed by atoms with Crippen LogP contribution in [0.4, 0.5) is 0 Å². The summed E-state index contributed by atoms with van der Waals surface area (Å²) >= 11 is 0. The lowest BCUT2D eigenvalue weighted by atomic mass is 10.0. The summed E-state index contributed by atoms with van der Waals surface area (Å²) in [5, 5.41) is 12.1. The van der Waals surface area contributed by atoms with Crippen LogP contribution < -0.4 is 10.8 Å². The highest BCUT2D eigenvalue weighted by Crippen LogP contribution is 2.33. The van der Waals surface area contributed by atoms with Gasteiger partial charge in [0, 0.05) is 36.3 Å². The van der Waals surface area contributed by atoms with Crippen LogP contribution in [0.5, 0.6) is 0 Å². The number of nitrogens with one attached hydrogen (secondary N) is 2. The molecule has 0 aliphatic carbocycles. The molecule has 0 aromatic heterocycles. The minimum atomic E-state index is -0.418. The number of benzene rings is 2. The Hall–Kier alpha value is -2.69. The third kappa shape index (κ3) is 4.97. The van der Waals surface area contributed by atoms with E-state index in [0.717, 1.165) is 24.2 Å². The molecule has 3 N–H and O–H groups in total. The Bertz CT molecular complexity index is 973. The molecule has 1 amide bonds. The highest BCUT2D eigenvalue weighted by atomic mass is 16.5. The standard InChI is InChI=1S/C25H32N4O2/c1-6-29-16-22-15-20(11-14-23(22)17(29)2)8-7-19-9-12-21(13-10-19)25(30)28(5)18(3)24(26-4)27-31/h9-15,17-18,24,26-27,31H,6,16H2,1-5H3/t17-,18?,24?/m1/s1. The Morgan fingerprint density at radius 1 is 1.23 bits per heavy atom. The number of carbonyl (C=O) groups excluding carboxylic acids is 1. The second kappa shape index (κ2) is 10.1. The minimum Gasteiger partial charge on any atom is -0.336 e. The van der Waals surface area contributed by atoms with E-state index in [1.807, 2.05) is 19.1 Å². The largest absolute Gasteiger partial charge is 0.336 e. The zero-order valence-electron chi connectivity index (χ0n) is 18.9. The number of likely N-dealkylation sites (N-methyl/N-ethyl adjacent to an activating group) is 2. The Kier molecular flexibility index (Phi) is 7.47. The third-order valence-corrected chi connectivity index (χ3v) is 6.27. The predicted molar refractivity (Wildman–Crippen MR) is 123 cm³/mol. The molecular weight excluding hydrogens is 388 g/mol. The molecule has 1 heterocycles. The van der Waals surface area contributed by atoms with E-state index in [-0.39, 0.29) is 11.9 Å². The first-order valence-electron chi connectivity index (χ1n) is 10.7. The van der Waals surface area contributed by atoms with E-state index in [9.17, 15) is 10.0 Å². The smallest absolute Gasteiger partial charge is 0.253 e. The van der Waals surface area contributed by atoms with Crippen LogP contribution in [0.15, 0.2) is 42.5 Å². The van der Waals surface area contributed by atoms with Gasteiger partial charge in [0.2, 0.25) is 0 Å². The molecule has 0 spiro atoms. The molecule has 6 heteroatoms. The fraction of sp³-hybridized carbons (Fsp3) is 0.400. The van der Waals surface area contributed by atoms with Crippen molar-refractivity contribution >= 4 is 5.91 Å². The third-order valence-electron chi connectivity index (χ3n) is 6.27. The van der Waals surface area contributed by atoms with E-state index in [4.69, 9.17) is 0 Å². The van der Waals surface area contributed by atoms with Crippen LogP contribution in [-0.4, -0.2) is 53.8 Å². The number of fused-ring (bicyclic) bond motifs is 1. The van der Waals surface area contributed by atoms with E-state index in [1.54, 1.807) is 31.1 Å². The van der Waals surface area contributed by atoms with Gasteiger partial charge in [-0.1, -0.05) is 24.8 Å². The first-order chi connectivity index (χ1) is 14.9. The van der Waals surface area contributed by atoms with Crippen LogP contribution >= 0.6 is 0 Å². The van der Waals surface area contributed by atoms with Gasteiger partial charge in [0.25, 0.3) is 5.91 Å². The van der Waals surface area contributed by atoms with Crippen LogP contribution in [0.1, 0.15) is 59.4 Å². The maximum atomic E-state index is 12.7. The number of hydroxylamine groups is 1. The normalized spacial score (nSPS) is 17.4. The van der Waals surface area contributed by atoms with Gasteiger partial charge in [0.05, 0.1) is 6.04 Å². The fourth-order valence-electron chi connectivity index (χ4n) is 4.03. The summed E-state index contributed by atoms with van der Waals surface area (Å²) < 4.78 is 0. The summed E-state index contributed by atoms with van der Waals surface area (Å²) in [4.78, 5) is 16.8. The van der Waals surface area contributed by atoms with Crippen molar-refractivity contribution < 1.29 is 10.0 Å². The van der Waals surface area contributed by atoms with Crippen molar-refractivity contribution in [2.75, 3.05) is 20.6 Å². The predicted octanol–water partition coefficient (Wildman–Crippen LogP) is 2.97. The van der Waals surface area contributed by atoms with Gasteiger partial charge >= 0.3 is 0 Å². The van der Waals surface area contributed by atoms with Gasteiger partial charge < -0.3 is 15.4 Å². The van der Waals surface area contributed by atoms with Gasteiger partial charge in [0.15, 0.2) is 0 Å². The molecule has 0 bridgehead atoms. The molecule has 2 unspecified atom stereocenters. The highest BCUT2D eigenvalue weighted by Gasteiger charge is 2.25. The Balaban J connectivity index is 1.70. The Morgan fingerprint density at radius 2 is 1.87 bits per heavy atom. The van der Waals surface area contributed by atoms with Crippen molar-refractivity contribution in [1.82, 2.24) is 20.6 Å². The average Bonchev–Trinajstić information content (AvgIpc) is 3.12. The van der Waals surface area contributed by atoms with Crippen molar-refractivity contribution in [3.8, 4) is 11.8 Å². The molecule has 164 valence electrons. The molecule has 2 aromatic carbocycles. The fourth-order valence-corrected chi connectivity index (χ4v) is 4.03. The van der Waals surface area contributed by atoms with Crippen molar-refractivity contribution in [1.29, 1.82) is 0 Å². The first-order valence-corrected chi connectivity index (χ1v) is 10.7. The monoisotopic (exact) mass is 420 g/mol. The quantitative estimate of drug-likeness (QED) is 0.381. The molecule has 1 aliphatic heterocycles. The number of rotatable bonds is 6. The summed E-state index contributed by atoms with van der Waals surface area (Å²) in [6.45, 7) is 8.33. The van der Waals surface area contributed by atoms with Crippen LogP contribution in [-0.2, 0) is 6.54 Å². The number of carbonyl (C=O) groups is 1. The summed E-state index contributed by atoms with van der Waals surface area (Å²) in [7, 11) is 3.44. The second-order valence-corrected chi connectivity index (χ2v) is 8.03. The van der Waals surface area contributed by atoms with Gasteiger partial charge in [-0.3, -0.25) is 9.69 Å². The Labute approximate surface area is 185 Å². The summed E-state index contributed by atoms with van der Waals surface area (Å²) in [6, 6.07) is 14.0. The SMILES string of the molecule is CCN1Cc2cc(C#Cc3ccc(C(=O)N(C)C(C)C(NC)NO)cc3)ccc2[C@H]1C. The molecule has 3 atom stereocenters. The average molecular weight is 421 g/mol. The molecule has 6 nitrogen and oxygen atoms in total. The molecule has 0 fully saturated rings. The van der Waals surface area contributed by atoms with E-state index in [0.29, 0.717) is 11.6 Å². The van der Waals surface area contributed by atoms with E-state index in [2.05, 4.69) is 59.6 Å². The number of nitrogens with zero attached hydrogens (tertiary/aromatic N) is 2. The molecule has 0 saturated carbocycles. The topological polar surface area (TPSA) is 67.8 Å². The molecule has 0 saturated heterocycles. The van der Waals surface area contributed by atoms with Crippen LogP contribution in [0, 0.1) is 11.8 Å². The zero-order chi connectivity index (χ0) is 22.5. The second-order valence-electron chi connectivity index (χ2n) is 8.03. The first kappa shape index (κ1) is 23.0. The summed E-state index contributed by atoms with van der Waals surface area (Å²) in [5.41, 5.74) is 7.38. The zero-order valence-corrected chi connectivity index (χ0v) is 18.9. The van der Waals surface area contributed by atoms with Crippen molar-refractivity contribution in [3.63, 3.8) is 0 Å². The van der Waals surface area contributed by atoms with Crippen LogP contribution in [0.25, 0.3) is 0 Å². The van der Waals surface area contributed by atoms with Gasteiger partial charge in [-0.25, -0.2) is 0 Å². The molecule has 1 aliphatic rings. The van der Waals surface area contributed by atoms with Gasteiger partial charge in [-0.15, -0.1) is 0 Å². The van der Waals surface area contributed by atoms with Crippen molar-refractivity contribution in [2.45, 2.75) is 45.6 Å². The van der Waals surface area contributed by atoms with E-state index < -0.39 is 6.17 Å². The van der Waals surface area contributed by atoms with E-state index >= 15 is 0 Å². The van der Waals surface area contributed by atoms with Crippen molar-refractivity contribution in [3.05, 3.63) is 70.3 Å². The van der Waals surface area contributed by atoms with Crippen molar-refractivity contribution in [2.24, 2.45) is 0 Å². The Morgan fingerprint density at radius 3 is 2.48 bits per heavy atom. The lowest BCUT2D eigenvalue weighted by Crippen LogP contribution is -2.54. The number of hydrogen-bond acceptors (Lipinski definition) is 5. The maximum absolute atomic E-state index is 12.7. The lowest BCUT2D eigenvalue weighted by Gasteiger charge is -2.30. The van der Waals surface area contributed by atoms with E-state index in [1.165, 1.54) is 11.1 Å². The number of hydrogen-bond donors (Lipinski definition) is 3. The minimum absolute atomic E-state index is 0.115. The van der Waals surface area contributed by atoms with Gasteiger partial charge in [0.1, 0.15) is 6.17 Å². The summed E-state index contributed by atoms with van der Waals surface area (Å²) in [5.74, 6) is 6.34. The van der Waals surface area contributed by atoms with Gasteiger partial charge in [-0.2, -0.15) is 5.48 Å². The molecule has 31 heavy (non-hydrogen) atoms.